The molecule has 0 heterocycles. The molecule has 27 heavy (non-hydrogen) atoms. The summed E-state index contributed by atoms with van der Waals surface area (Å²) in [5.74, 6) is 1.27. The zero-order valence-electron chi connectivity index (χ0n) is 15.0. The van der Waals surface area contributed by atoms with Crippen LogP contribution in [0.1, 0.15) is 11.1 Å². The average Bonchev–Trinajstić information content (AvgIpc) is 2.64. The quantitative estimate of drug-likeness (QED) is 0.427. The first-order valence-electron chi connectivity index (χ1n) is 8.50. The number of methoxy groups -OCH3 is 1. The molecule has 0 saturated heterocycles. The van der Waals surface area contributed by atoms with Crippen LogP contribution in [-0.4, -0.2) is 38.5 Å². The Kier molecular flexibility index (Phi) is 9.68. The summed E-state index contributed by atoms with van der Waals surface area (Å²) in [4.78, 5) is 0. The van der Waals surface area contributed by atoms with E-state index >= 15 is 0 Å². The lowest BCUT2D eigenvalue weighted by molar-refractivity contribution is 0.282. The van der Waals surface area contributed by atoms with Gasteiger partial charge in [-0.2, -0.15) is 0 Å². The van der Waals surface area contributed by atoms with Crippen molar-refractivity contribution in [2.75, 3.05) is 33.4 Å². The summed E-state index contributed by atoms with van der Waals surface area (Å²) in [7, 11) is 1.61. The SMILES string of the molecule is COc1cc(CNCCNCCO)cc(Br)c1OCc1ccc(Cl)cc1Cl. The molecule has 2 rings (SSSR count). The van der Waals surface area contributed by atoms with Gasteiger partial charge < -0.3 is 25.2 Å². The third kappa shape index (κ3) is 7.14. The number of hydrogen-bond acceptors (Lipinski definition) is 5. The van der Waals surface area contributed by atoms with Crippen molar-refractivity contribution in [1.29, 1.82) is 0 Å². The van der Waals surface area contributed by atoms with E-state index in [4.69, 9.17) is 37.8 Å². The van der Waals surface area contributed by atoms with Gasteiger partial charge in [0, 0.05) is 41.8 Å². The van der Waals surface area contributed by atoms with Crippen molar-refractivity contribution in [1.82, 2.24) is 10.6 Å². The summed E-state index contributed by atoms with van der Waals surface area (Å²) in [6.45, 7) is 3.34. The molecule has 3 N–H and O–H groups in total. The minimum absolute atomic E-state index is 0.146. The maximum atomic E-state index is 8.73. The molecule has 0 atom stereocenters. The lowest BCUT2D eigenvalue weighted by atomic mass is 10.2. The van der Waals surface area contributed by atoms with Crippen molar-refractivity contribution in [2.45, 2.75) is 13.2 Å². The van der Waals surface area contributed by atoms with Gasteiger partial charge in [-0.3, -0.25) is 0 Å². The molecule has 0 spiro atoms. The van der Waals surface area contributed by atoms with Gasteiger partial charge in [0.15, 0.2) is 11.5 Å². The highest BCUT2D eigenvalue weighted by atomic mass is 79.9. The molecular weight excluding hydrogens is 455 g/mol. The summed E-state index contributed by atoms with van der Waals surface area (Å²) in [5.41, 5.74) is 1.91. The molecule has 0 aromatic heterocycles. The Morgan fingerprint density at radius 3 is 2.56 bits per heavy atom. The lowest BCUT2D eigenvalue weighted by Crippen LogP contribution is -2.28. The van der Waals surface area contributed by atoms with Crippen LogP contribution in [-0.2, 0) is 13.2 Å². The van der Waals surface area contributed by atoms with Crippen molar-refractivity contribution in [3.05, 3.63) is 56.0 Å². The van der Waals surface area contributed by atoms with Gasteiger partial charge in [0.25, 0.3) is 0 Å². The number of ether oxygens (including phenoxy) is 2. The first kappa shape index (κ1) is 22.3. The Balaban J connectivity index is 1.98. The average molecular weight is 478 g/mol. The van der Waals surface area contributed by atoms with Gasteiger partial charge >= 0.3 is 0 Å². The third-order valence-electron chi connectivity index (χ3n) is 3.77. The van der Waals surface area contributed by atoms with Gasteiger partial charge in [0.05, 0.1) is 18.2 Å². The largest absolute Gasteiger partial charge is 0.493 e. The minimum atomic E-state index is 0.146. The molecule has 0 amide bonds. The second kappa shape index (κ2) is 11.7. The number of hydrogen-bond donors (Lipinski definition) is 3. The Labute approximate surface area is 178 Å². The maximum Gasteiger partial charge on any atom is 0.175 e. The van der Waals surface area contributed by atoms with Crippen LogP contribution in [0.15, 0.2) is 34.8 Å². The Morgan fingerprint density at radius 1 is 1.07 bits per heavy atom. The fourth-order valence-corrected chi connectivity index (χ4v) is 3.48. The van der Waals surface area contributed by atoms with Crippen LogP contribution >= 0.6 is 39.1 Å². The number of aliphatic hydroxyl groups is 1. The standard InChI is InChI=1S/C19H23BrCl2N2O3/c1-26-18-9-13(11-24-5-4-23-6-7-25)8-16(20)19(18)27-12-14-2-3-15(21)10-17(14)22/h2-3,8-10,23-25H,4-7,11-12H2,1H3. The zero-order valence-corrected chi connectivity index (χ0v) is 18.1. The summed E-state index contributed by atoms with van der Waals surface area (Å²) in [6, 6.07) is 9.25. The van der Waals surface area contributed by atoms with E-state index < -0.39 is 0 Å². The van der Waals surface area contributed by atoms with Crippen LogP contribution in [0, 0.1) is 0 Å². The summed E-state index contributed by atoms with van der Waals surface area (Å²) >= 11 is 15.7. The number of halogens is 3. The molecule has 5 nitrogen and oxygen atoms in total. The molecule has 0 radical (unpaired) electrons. The highest BCUT2D eigenvalue weighted by Crippen LogP contribution is 2.37. The van der Waals surface area contributed by atoms with E-state index in [-0.39, 0.29) is 6.61 Å². The zero-order chi connectivity index (χ0) is 19.6. The van der Waals surface area contributed by atoms with Crippen molar-refractivity contribution < 1.29 is 14.6 Å². The highest BCUT2D eigenvalue weighted by molar-refractivity contribution is 9.10. The van der Waals surface area contributed by atoms with Gasteiger partial charge in [0.2, 0.25) is 0 Å². The number of benzene rings is 2. The molecule has 0 fully saturated rings. The van der Waals surface area contributed by atoms with Crippen LogP contribution in [0.3, 0.4) is 0 Å². The number of rotatable bonds is 11. The van der Waals surface area contributed by atoms with E-state index in [1.54, 1.807) is 19.2 Å². The molecule has 0 unspecified atom stereocenters. The normalized spacial score (nSPS) is 10.9. The predicted molar refractivity (Wildman–Crippen MR) is 113 cm³/mol. The monoisotopic (exact) mass is 476 g/mol. The second-order valence-electron chi connectivity index (χ2n) is 5.78. The first-order valence-corrected chi connectivity index (χ1v) is 10.1. The molecular formula is C19H23BrCl2N2O3. The van der Waals surface area contributed by atoms with E-state index in [1.165, 1.54) is 0 Å². The van der Waals surface area contributed by atoms with Gasteiger partial charge in [-0.15, -0.1) is 0 Å². The molecule has 0 aliphatic heterocycles. The summed E-state index contributed by atoms with van der Waals surface area (Å²) < 4.78 is 12.2. The maximum absolute atomic E-state index is 8.73. The summed E-state index contributed by atoms with van der Waals surface area (Å²) in [5, 5.41) is 16.3. The van der Waals surface area contributed by atoms with E-state index in [1.807, 2.05) is 18.2 Å². The molecule has 0 bridgehead atoms. The Hall–Kier alpha value is -1.02. The van der Waals surface area contributed by atoms with E-state index in [0.717, 1.165) is 28.7 Å². The molecule has 8 heteroatoms. The molecule has 0 aliphatic carbocycles. The van der Waals surface area contributed by atoms with E-state index in [9.17, 15) is 0 Å². The van der Waals surface area contributed by atoms with Crippen LogP contribution in [0.4, 0.5) is 0 Å². The van der Waals surface area contributed by atoms with Crippen LogP contribution < -0.4 is 20.1 Å². The van der Waals surface area contributed by atoms with Crippen molar-refractivity contribution >= 4 is 39.1 Å². The van der Waals surface area contributed by atoms with Crippen molar-refractivity contribution in [2.24, 2.45) is 0 Å². The van der Waals surface area contributed by atoms with Crippen molar-refractivity contribution in [3.63, 3.8) is 0 Å². The topological polar surface area (TPSA) is 62.8 Å². The van der Waals surface area contributed by atoms with Crippen LogP contribution in [0.25, 0.3) is 0 Å². The smallest absolute Gasteiger partial charge is 0.175 e. The van der Waals surface area contributed by atoms with Gasteiger partial charge in [-0.1, -0.05) is 29.3 Å². The third-order valence-corrected chi connectivity index (χ3v) is 4.95. The lowest BCUT2D eigenvalue weighted by Gasteiger charge is -2.15. The highest BCUT2D eigenvalue weighted by Gasteiger charge is 2.13. The fourth-order valence-electron chi connectivity index (χ4n) is 2.42. The predicted octanol–water partition coefficient (Wildman–Crippen LogP) is 4.02. The molecule has 2 aromatic rings. The van der Waals surface area contributed by atoms with E-state index in [2.05, 4.69) is 26.6 Å². The van der Waals surface area contributed by atoms with Crippen molar-refractivity contribution in [3.8, 4) is 11.5 Å². The van der Waals surface area contributed by atoms with Crippen LogP contribution in [0.5, 0.6) is 11.5 Å². The minimum Gasteiger partial charge on any atom is -0.493 e. The fraction of sp³-hybridized carbons (Fsp3) is 0.368. The number of nitrogens with one attached hydrogen (secondary N) is 2. The summed E-state index contributed by atoms with van der Waals surface area (Å²) in [6.07, 6.45) is 0. The molecule has 2 aromatic carbocycles. The Bertz CT molecular complexity index is 747. The van der Waals surface area contributed by atoms with Crippen LogP contribution in [0.2, 0.25) is 10.0 Å². The van der Waals surface area contributed by atoms with Gasteiger partial charge in [0.1, 0.15) is 6.61 Å². The molecule has 0 saturated carbocycles. The second-order valence-corrected chi connectivity index (χ2v) is 7.48. The first-order chi connectivity index (χ1) is 13.0. The van der Waals surface area contributed by atoms with E-state index in [0.29, 0.717) is 41.2 Å². The van der Waals surface area contributed by atoms with Gasteiger partial charge in [-0.05, 0) is 45.8 Å². The molecule has 148 valence electrons. The van der Waals surface area contributed by atoms with Gasteiger partial charge in [-0.25, -0.2) is 0 Å². The molecule has 0 aliphatic rings. The Morgan fingerprint density at radius 2 is 1.85 bits per heavy atom. The number of aliphatic hydroxyl groups excluding tert-OH is 1.